The van der Waals surface area contributed by atoms with E-state index in [-0.39, 0.29) is 12.3 Å². The number of aromatic nitrogens is 1. The van der Waals surface area contributed by atoms with Crippen LogP contribution in [0.15, 0.2) is 40.6 Å². The number of amides is 1. The molecule has 0 spiro atoms. The number of nitrogens with two attached hydrogens (primary N) is 2. The van der Waals surface area contributed by atoms with Gasteiger partial charge in [-0.2, -0.15) is 0 Å². The van der Waals surface area contributed by atoms with E-state index in [9.17, 15) is 4.79 Å². The summed E-state index contributed by atoms with van der Waals surface area (Å²) >= 11 is 5.87. The molecule has 114 valence electrons. The number of aliphatic imine (C=N–C) groups is 1. The summed E-state index contributed by atoms with van der Waals surface area (Å²) in [5.74, 6) is 0.824. The van der Waals surface area contributed by atoms with Crippen molar-refractivity contribution < 1.29 is 4.79 Å². The van der Waals surface area contributed by atoms with E-state index in [4.69, 9.17) is 23.1 Å². The highest BCUT2D eigenvalue weighted by atomic mass is 35.5. The summed E-state index contributed by atoms with van der Waals surface area (Å²) < 4.78 is 1.98. The molecule has 0 atom stereocenters. The summed E-state index contributed by atoms with van der Waals surface area (Å²) in [4.78, 5) is 15.0. The van der Waals surface area contributed by atoms with Crippen molar-refractivity contribution in [2.45, 2.75) is 32.7 Å². The third-order valence-electron chi connectivity index (χ3n) is 2.88. The molecule has 1 aromatic rings. The monoisotopic (exact) mass is 308 g/mol. The maximum atomic E-state index is 10.8. The summed E-state index contributed by atoms with van der Waals surface area (Å²) in [5.41, 5.74) is 13.5. The van der Waals surface area contributed by atoms with Crippen LogP contribution in [0, 0.1) is 0 Å². The van der Waals surface area contributed by atoms with Crippen LogP contribution in [0.2, 0.25) is 0 Å². The van der Waals surface area contributed by atoms with Crippen LogP contribution < -0.4 is 11.5 Å². The van der Waals surface area contributed by atoms with Gasteiger partial charge in [0.2, 0.25) is 5.91 Å². The third-order valence-corrected chi connectivity index (χ3v) is 3.17. The fourth-order valence-electron chi connectivity index (χ4n) is 1.91. The van der Waals surface area contributed by atoms with Gasteiger partial charge >= 0.3 is 0 Å². The van der Waals surface area contributed by atoms with E-state index in [1.165, 1.54) is 6.34 Å². The summed E-state index contributed by atoms with van der Waals surface area (Å²) in [5, 5.41) is 0. The standard InChI is InChI=1S/C15H21ClN4O/c1-11(7-14(18)21)3-4-12(2)9-20-6-5-13(8-16)15(20)19-10-17/h3-6,10H,7-9H2,1-2H3,(H2,17,19)(H2,18,21)/b11-3+,12-4+. The van der Waals surface area contributed by atoms with E-state index in [1.54, 1.807) is 0 Å². The molecule has 0 bridgehead atoms. The van der Waals surface area contributed by atoms with Gasteiger partial charge in [-0.3, -0.25) is 4.79 Å². The molecule has 0 radical (unpaired) electrons. The molecule has 0 aliphatic carbocycles. The number of carbonyl (C=O) groups is 1. The molecule has 0 fully saturated rings. The van der Waals surface area contributed by atoms with Crippen molar-refractivity contribution in [1.82, 2.24) is 4.57 Å². The molecular formula is C15H21ClN4O. The molecule has 0 saturated carbocycles. The van der Waals surface area contributed by atoms with Crippen LogP contribution in [-0.4, -0.2) is 16.8 Å². The van der Waals surface area contributed by atoms with E-state index in [1.807, 2.05) is 42.8 Å². The smallest absolute Gasteiger partial charge is 0.221 e. The van der Waals surface area contributed by atoms with E-state index in [0.29, 0.717) is 12.4 Å². The Morgan fingerprint density at radius 2 is 2.05 bits per heavy atom. The lowest BCUT2D eigenvalue weighted by atomic mass is 10.1. The molecule has 0 aliphatic rings. The molecule has 0 aromatic carbocycles. The topological polar surface area (TPSA) is 86.4 Å². The lowest BCUT2D eigenvalue weighted by Crippen LogP contribution is -2.10. The Morgan fingerprint density at radius 1 is 1.38 bits per heavy atom. The van der Waals surface area contributed by atoms with Gasteiger partial charge in [-0.05, 0) is 19.9 Å². The number of halogens is 1. The van der Waals surface area contributed by atoms with Crippen molar-refractivity contribution in [3.63, 3.8) is 0 Å². The van der Waals surface area contributed by atoms with E-state index >= 15 is 0 Å². The molecule has 1 amide bonds. The zero-order valence-electron chi connectivity index (χ0n) is 12.3. The lowest BCUT2D eigenvalue weighted by Gasteiger charge is -2.07. The van der Waals surface area contributed by atoms with Crippen molar-refractivity contribution in [2.75, 3.05) is 0 Å². The highest BCUT2D eigenvalue weighted by Gasteiger charge is 2.07. The molecule has 1 rings (SSSR count). The second kappa shape index (κ2) is 8.32. The fourth-order valence-corrected chi connectivity index (χ4v) is 2.12. The zero-order valence-corrected chi connectivity index (χ0v) is 13.1. The number of primary amides is 1. The van der Waals surface area contributed by atoms with Crippen molar-refractivity contribution in [1.29, 1.82) is 0 Å². The molecule has 6 heteroatoms. The first-order valence-corrected chi connectivity index (χ1v) is 7.10. The molecule has 1 heterocycles. The lowest BCUT2D eigenvalue weighted by molar-refractivity contribution is -0.117. The maximum Gasteiger partial charge on any atom is 0.221 e. The predicted octanol–water partition coefficient (Wildman–Crippen LogP) is 2.61. The van der Waals surface area contributed by atoms with E-state index < -0.39 is 0 Å². The number of rotatable bonds is 7. The summed E-state index contributed by atoms with van der Waals surface area (Å²) in [6.07, 6.45) is 7.33. The molecule has 0 aliphatic heterocycles. The Morgan fingerprint density at radius 3 is 2.62 bits per heavy atom. The zero-order chi connectivity index (χ0) is 15.8. The number of allylic oxidation sites excluding steroid dienone is 3. The quantitative estimate of drug-likeness (QED) is 0.351. The number of hydrogen-bond acceptors (Lipinski definition) is 2. The second-order valence-electron chi connectivity index (χ2n) is 4.87. The van der Waals surface area contributed by atoms with Crippen LogP contribution in [-0.2, 0) is 17.2 Å². The SMILES string of the molecule is C/C(=C\C=C(/C)Cn1ccc(CCl)c1N=CN)CC(N)=O. The molecule has 21 heavy (non-hydrogen) atoms. The number of hydrogen-bond donors (Lipinski definition) is 2. The average molecular weight is 309 g/mol. The number of nitrogens with zero attached hydrogens (tertiary/aromatic N) is 2. The highest BCUT2D eigenvalue weighted by molar-refractivity contribution is 6.17. The van der Waals surface area contributed by atoms with Crippen molar-refractivity contribution in [3.05, 3.63) is 41.1 Å². The minimum absolute atomic E-state index is 0.270. The molecule has 5 nitrogen and oxygen atoms in total. The van der Waals surface area contributed by atoms with Gasteiger partial charge in [0, 0.05) is 24.7 Å². The summed E-state index contributed by atoms with van der Waals surface area (Å²) in [6, 6.07) is 1.93. The molecule has 0 saturated heterocycles. The first kappa shape index (κ1) is 17.0. The average Bonchev–Trinajstić information content (AvgIpc) is 2.78. The van der Waals surface area contributed by atoms with Crippen LogP contribution in [0.4, 0.5) is 5.82 Å². The van der Waals surface area contributed by atoms with Gasteiger partial charge in [0.1, 0.15) is 5.82 Å². The van der Waals surface area contributed by atoms with Crippen LogP contribution in [0.1, 0.15) is 25.8 Å². The number of alkyl halides is 1. The number of carbonyl (C=O) groups excluding carboxylic acids is 1. The van der Waals surface area contributed by atoms with Crippen LogP contribution >= 0.6 is 11.6 Å². The summed E-state index contributed by atoms with van der Waals surface area (Å²) in [7, 11) is 0. The van der Waals surface area contributed by atoms with Crippen molar-refractivity contribution >= 4 is 29.7 Å². The van der Waals surface area contributed by atoms with Crippen LogP contribution in [0.5, 0.6) is 0 Å². The largest absolute Gasteiger partial charge is 0.390 e. The normalized spacial score (nSPS) is 13.1. The molecular weight excluding hydrogens is 288 g/mol. The molecule has 4 N–H and O–H groups in total. The van der Waals surface area contributed by atoms with E-state index in [2.05, 4.69) is 4.99 Å². The highest BCUT2D eigenvalue weighted by Crippen LogP contribution is 2.23. The van der Waals surface area contributed by atoms with E-state index in [0.717, 1.165) is 22.5 Å². The van der Waals surface area contributed by atoms with Gasteiger partial charge in [-0.25, -0.2) is 4.99 Å². The Balaban J connectivity index is 2.86. The first-order chi connectivity index (χ1) is 9.97. The predicted molar refractivity (Wildman–Crippen MR) is 87.7 cm³/mol. The minimum Gasteiger partial charge on any atom is -0.390 e. The van der Waals surface area contributed by atoms with Gasteiger partial charge in [-0.1, -0.05) is 23.3 Å². The van der Waals surface area contributed by atoms with Gasteiger partial charge in [-0.15, -0.1) is 11.6 Å². The first-order valence-electron chi connectivity index (χ1n) is 6.57. The van der Waals surface area contributed by atoms with Gasteiger partial charge in [0.05, 0.1) is 12.2 Å². The third kappa shape index (κ3) is 5.47. The van der Waals surface area contributed by atoms with Gasteiger partial charge in [0.15, 0.2) is 0 Å². The Labute approximate surface area is 130 Å². The second-order valence-corrected chi connectivity index (χ2v) is 5.14. The Hall–Kier alpha value is -2.01. The van der Waals surface area contributed by atoms with Crippen LogP contribution in [0.3, 0.4) is 0 Å². The molecule has 1 aromatic heterocycles. The van der Waals surface area contributed by atoms with Gasteiger partial charge in [0.25, 0.3) is 0 Å². The van der Waals surface area contributed by atoms with Gasteiger partial charge < -0.3 is 16.0 Å². The Kier molecular flexibility index (Phi) is 6.75. The van der Waals surface area contributed by atoms with Crippen molar-refractivity contribution in [2.24, 2.45) is 16.5 Å². The van der Waals surface area contributed by atoms with Crippen LogP contribution in [0.25, 0.3) is 0 Å². The summed E-state index contributed by atoms with van der Waals surface area (Å²) in [6.45, 7) is 4.55. The fraction of sp³-hybridized carbons (Fsp3) is 0.333. The van der Waals surface area contributed by atoms with Crippen molar-refractivity contribution in [3.8, 4) is 0 Å². The molecule has 0 unspecified atom stereocenters. The minimum atomic E-state index is -0.327. The Bertz CT molecular complexity index is 584. The maximum absolute atomic E-state index is 10.8.